The number of benzene rings is 1. The summed E-state index contributed by atoms with van der Waals surface area (Å²) in [6, 6.07) is 6.02. The van der Waals surface area contributed by atoms with E-state index in [1.807, 2.05) is 18.2 Å². The molecule has 104 valence electrons. The van der Waals surface area contributed by atoms with Crippen LogP contribution in [-0.2, 0) is 6.54 Å². The smallest absolute Gasteiger partial charge is 0.231 e. The van der Waals surface area contributed by atoms with E-state index < -0.39 is 0 Å². The fourth-order valence-corrected chi connectivity index (χ4v) is 3.52. The van der Waals surface area contributed by atoms with E-state index in [0.29, 0.717) is 6.79 Å². The summed E-state index contributed by atoms with van der Waals surface area (Å²) in [5.41, 5.74) is 2.27. The maximum absolute atomic E-state index is 5.42. The Bertz CT molecular complexity index is 620. The third-order valence-corrected chi connectivity index (χ3v) is 4.70. The Labute approximate surface area is 122 Å². The van der Waals surface area contributed by atoms with Crippen LogP contribution in [0.15, 0.2) is 23.6 Å². The Balaban J connectivity index is 1.55. The van der Waals surface area contributed by atoms with Gasteiger partial charge in [-0.25, -0.2) is 4.98 Å². The van der Waals surface area contributed by atoms with Gasteiger partial charge in [-0.15, -0.1) is 11.3 Å². The number of aromatic nitrogens is 1. The fourth-order valence-electron chi connectivity index (χ4n) is 2.71. The van der Waals surface area contributed by atoms with Crippen LogP contribution in [0.25, 0.3) is 10.6 Å². The van der Waals surface area contributed by atoms with Crippen molar-refractivity contribution in [2.45, 2.75) is 19.4 Å². The van der Waals surface area contributed by atoms with E-state index in [4.69, 9.17) is 14.5 Å². The average molecular weight is 288 g/mol. The van der Waals surface area contributed by atoms with E-state index in [-0.39, 0.29) is 0 Å². The summed E-state index contributed by atoms with van der Waals surface area (Å²) in [7, 11) is 0. The molecule has 0 bridgehead atoms. The van der Waals surface area contributed by atoms with Crippen molar-refractivity contribution in [3.63, 3.8) is 0 Å². The van der Waals surface area contributed by atoms with Crippen LogP contribution in [0.1, 0.15) is 18.5 Å². The second kappa shape index (κ2) is 5.07. The van der Waals surface area contributed by atoms with Gasteiger partial charge in [-0.05, 0) is 44.1 Å². The lowest BCUT2D eigenvalue weighted by molar-refractivity contribution is 0.174. The minimum absolute atomic E-state index is 0.316. The summed E-state index contributed by atoms with van der Waals surface area (Å²) in [6.45, 7) is 3.70. The molecule has 20 heavy (non-hydrogen) atoms. The molecular formula is C15H16N2O2S. The maximum atomic E-state index is 5.42. The number of nitrogens with zero attached hydrogens (tertiary/aromatic N) is 2. The molecule has 0 unspecified atom stereocenters. The highest BCUT2D eigenvalue weighted by molar-refractivity contribution is 7.13. The van der Waals surface area contributed by atoms with E-state index in [1.165, 1.54) is 31.6 Å². The maximum Gasteiger partial charge on any atom is 0.231 e. The highest BCUT2D eigenvalue weighted by atomic mass is 32.1. The number of hydrogen-bond acceptors (Lipinski definition) is 5. The molecule has 0 radical (unpaired) electrons. The van der Waals surface area contributed by atoms with Gasteiger partial charge in [0.25, 0.3) is 0 Å². The minimum atomic E-state index is 0.316. The molecule has 2 aliphatic rings. The third kappa shape index (κ3) is 2.27. The van der Waals surface area contributed by atoms with E-state index in [9.17, 15) is 0 Å². The molecule has 5 heteroatoms. The standard InChI is InChI=1S/C15H16N2O2S/c1-2-6-17(5-1)8-12-9-20-15(16-12)11-3-4-13-14(7-11)19-10-18-13/h3-4,7,9H,1-2,5-6,8,10H2. The first-order valence-corrected chi connectivity index (χ1v) is 7.83. The Hall–Kier alpha value is -1.59. The van der Waals surface area contributed by atoms with E-state index >= 15 is 0 Å². The van der Waals surface area contributed by atoms with Crippen molar-refractivity contribution in [2.24, 2.45) is 0 Å². The quantitative estimate of drug-likeness (QED) is 0.869. The summed E-state index contributed by atoms with van der Waals surface area (Å²) < 4.78 is 10.8. The van der Waals surface area contributed by atoms with Crippen molar-refractivity contribution in [1.82, 2.24) is 9.88 Å². The van der Waals surface area contributed by atoms with E-state index in [1.54, 1.807) is 11.3 Å². The molecule has 1 saturated heterocycles. The summed E-state index contributed by atoms with van der Waals surface area (Å²) in [5, 5.41) is 3.22. The predicted octanol–water partition coefficient (Wildman–Crippen LogP) is 3.13. The molecule has 0 amide bonds. The molecule has 0 spiro atoms. The van der Waals surface area contributed by atoms with Crippen LogP contribution in [0.5, 0.6) is 11.5 Å². The number of rotatable bonds is 3. The summed E-state index contributed by atoms with van der Waals surface area (Å²) >= 11 is 1.70. The molecule has 0 atom stereocenters. The van der Waals surface area contributed by atoms with Gasteiger partial charge in [0, 0.05) is 17.5 Å². The number of fused-ring (bicyclic) bond motifs is 1. The number of likely N-dealkylation sites (tertiary alicyclic amines) is 1. The first-order chi connectivity index (χ1) is 9.88. The van der Waals surface area contributed by atoms with Crippen molar-refractivity contribution in [2.75, 3.05) is 19.9 Å². The van der Waals surface area contributed by atoms with Crippen LogP contribution in [0, 0.1) is 0 Å². The summed E-state index contributed by atoms with van der Waals surface area (Å²) in [5.74, 6) is 1.64. The molecule has 4 nitrogen and oxygen atoms in total. The van der Waals surface area contributed by atoms with Crippen LogP contribution < -0.4 is 9.47 Å². The molecular weight excluding hydrogens is 272 g/mol. The van der Waals surface area contributed by atoms with Gasteiger partial charge in [-0.2, -0.15) is 0 Å². The van der Waals surface area contributed by atoms with Gasteiger partial charge in [0.15, 0.2) is 11.5 Å². The third-order valence-electron chi connectivity index (χ3n) is 3.76. The highest BCUT2D eigenvalue weighted by Gasteiger charge is 2.16. The lowest BCUT2D eigenvalue weighted by Crippen LogP contribution is -2.18. The molecule has 0 aliphatic carbocycles. The molecule has 1 aromatic carbocycles. The monoisotopic (exact) mass is 288 g/mol. The van der Waals surface area contributed by atoms with Crippen LogP contribution in [-0.4, -0.2) is 29.8 Å². The van der Waals surface area contributed by atoms with Crippen molar-refractivity contribution < 1.29 is 9.47 Å². The Morgan fingerprint density at radius 1 is 1.15 bits per heavy atom. The average Bonchev–Trinajstić information content (AvgIpc) is 3.19. The zero-order valence-electron chi connectivity index (χ0n) is 11.2. The second-order valence-electron chi connectivity index (χ2n) is 5.20. The summed E-state index contributed by atoms with van der Waals surface area (Å²) in [6.07, 6.45) is 2.64. The van der Waals surface area contributed by atoms with Gasteiger partial charge < -0.3 is 9.47 Å². The first-order valence-electron chi connectivity index (χ1n) is 6.95. The Morgan fingerprint density at radius 3 is 2.90 bits per heavy atom. The summed E-state index contributed by atoms with van der Waals surface area (Å²) in [4.78, 5) is 7.22. The van der Waals surface area contributed by atoms with Gasteiger partial charge in [0.05, 0.1) is 5.69 Å². The van der Waals surface area contributed by atoms with Crippen LogP contribution in [0.2, 0.25) is 0 Å². The van der Waals surface area contributed by atoms with Crippen molar-refractivity contribution in [3.05, 3.63) is 29.3 Å². The predicted molar refractivity (Wildman–Crippen MR) is 78.2 cm³/mol. The number of hydrogen-bond donors (Lipinski definition) is 0. The van der Waals surface area contributed by atoms with Gasteiger partial charge in [0.1, 0.15) is 5.01 Å². The van der Waals surface area contributed by atoms with Crippen LogP contribution in [0.3, 0.4) is 0 Å². The molecule has 3 heterocycles. The lowest BCUT2D eigenvalue weighted by atomic mass is 10.2. The molecule has 1 aromatic heterocycles. The zero-order chi connectivity index (χ0) is 13.4. The zero-order valence-corrected chi connectivity index (χ0v) is 12.0. The van der Waals surface area contributed by atoms with E-state index in [0.717, 1.165) is 28.6 Å². The SMILES string of the molecule is c1cc2c(cc1-c1nc(CN3CCCC3)cs1)OCO2. The van der Waals surface area contributed by atoms with Gasteiger partial charge in [0.2, 0.25) is 6.79 Å². The Kier molecular flexibility index (Phi) is 3.09. The lowest BCUT2D eigenvalue weighted by Gasteiger charge is -2.11. The second-order valence-corrected chi connectivity index (χ2v) is 6.05. The molecule has 4 rings (SSSR count). The van der Waals surface area contributed by atoms with E-state index in [2.05, 4.69) is 10.3 Å². The molecule has 1 fully saturated rings. The van der Waals surface area contributed by atoms with Gasteiger partial charge in [-0.1, -0.05) is 0 Å². The molecule has 2 aliphatic heterocycles. The topological polar surface area (TPSA) is 34.6 Å². The van der Waals surface area contributed by atoms with Gasteiger partial charge >= 0.3 is 0 Å². The normalized spacial score (nSPS) is 17.8. The van der Waals surface area contributed by atoms with Crippen LogP contribution in [0.4, 0.5) is 0 Å². The molecule has 0 saturated carbocycles. The highest BCUT2D eigenvalue weighted by Crippen LogP contribution is 2.36. The first kappa shape index (κ1) is 12.2. The molecule has 0 N–H and O–H groups in total. The minimum Gasteiger partial charge on any atom is -0.454 e. The van der Waals surface area contributed by atoms with Crippen LogP contribution >= 0.6 is 11.3 Å². The number of ether oxygens (including phenoxy) is 2. The Morgan fingerprint density at radius 2 is 2.00 bits per heavy atom. The largest absolute Gasteiger partial charge is 0.454 e. The molecule has 2 aromatic rings. The van der Waals surface area contributed by atoms with Crippen molar-refractivity contribution >= 4 is 11.3 Å². The number of thiazole rings is 1. The fraction of sp³-hybridized carbons (Fsp3) is 0.400. The van der Waals surface area contributed by atoms with Gasteiger partial charge in [-0.3, -0.25) is 4.90 Å². The van der Waals surface area contributed by atoms with Crippen molar-refractivity contribution in [1.29, 1.82) is 0 Å². The van der Waals surface area contributed by atoms with Crippen molar-refractivity contribution in [3.8, 4) is 22.1 Å².